The van der Waals surface area contributed by atoms with Gasteiger partial charge in [0.15, 0.2) is 0 Å². The SMILES string of the molecule is CCOC(=O)[C@H]1C2[C@@]13C(C[C@@]2(N)C(=O)OCC)C3C(=O)OCc1ccccc1. The summed E-state index contributed by atoms with van der Waals surface area (Å²) in [6.07, 6.45) is 0.331. The highest BCUT2D eigenvalue weighted by molar-refractivity contribution is 5.94. The number of carbonyl (C=O) groups is 3. The molecule has 7 nitrogen and oxygen atoms in total. The molecule has 0 radical (unpaired) electrons. The van der Waals surface area contributed by atoms with Gasteiger partial charge in [-0.25, -0.2) is 0 Å². The van der Waals surface area contributed by atoms with Gasteiger partial charge in [0.2, 0.25) is 0 Å². The average Bonchev–Trinajstić information content (AvgIpc) is 3.52. The topological polar surface area (TPSA) is 105 Å². The molecular formula is C21H25NO6. The summed E-state index contributed by atoms with van der Waals surface area (Å²) >= 11 is 0. The zero-order valence-corrected chi connectivity index (χ0v) is 16.1. The van der Waals surface area contributed by atoms with Gasteiger partial charge in [0, 0.05) is 11.3 Å². The predicted octanol–water partition coefficient (Wildman–Crippen LogP) is 1.44. The van der Waals surface area contributed by atoms with E-state index < -0.39 is 40.6 Å². The van der Waals surface area contributed by atoms with Crippen LogP contribution in [0.2, 0.25) is 0 Å². The van der Waals surface area contributed by atoms with Crippen molar-refractivity contribution in [2.75, 3.05) is 13.2 Å². The molecule has 6 atom stereocenters. The number of rotatable bonds is 7. The zero-order valence-electron chi connectivity index (χ0n) is 16.1. The number of hydrogen-bond donors (Lipinski definition) is 1. The Morgan fingerprint density at radius 1 is 1.00 bits per heavy atom. The van der Waals surface area contributed by atoms with Crippen molar-refractivity contribution in [1.82, 2.24) is 0 Å². The van der Waals surface area contributed by atoms with Crippen LogP contribution in [0, 0.1) is 29.1 Å². The highest BCUT2D eigenvalue weighted by atomic mass is 16.5. The van der Waals surface area contributed by atoms with Crippen molar-refractivity contribution >= 4 is 17.9 Å². The van der Waals surface area contributed by atoms with Gasteiger partial charge in [-0.1, -0.05) is 30.3 Å². The van der Waals surface area contributed by atoms with E-state index in [1.165, 1.54) is 0 Å². The average molecular weight is 387 g/mol. The van der Waals surface area contributed by atoms with Crippen LogP contribution in [0.1, 0.15) is 25.8 Å². The summed E-state index contributed by atoms with van der Waals surface area (Å²) < 4.78 is 15.8. The van der Waals surface area contributed by atoms with Gasteiger partial charge in [-0.3, -0.25) is 14.4 Å². The van der Waals surface area contributed by atoms with Crippen molar-refractivity contribution in [3.63, 3.8) is 0 Å². The number of nitrogens with two attached hydrogens (primary N) is 1. The highest BCUT2D eigenvalue weighted by Gasteiger charge is 2.97. The molecule has 0 amide bonds. The fourth-order valence-electron chi connectivity index (χ4n) is 5.54. The molecule has 0 bridgehead atoms. The van der Waals surface area contributed by atoms with E-state index in [9.17, 15) is 14.4 Å². The highest BCUT2D eigenvalue weighted by Crippen LogP contribution is 2.90. The largest absolute Gasteiger partial charge is 0.466 e. The van der Waals surface area contributed by atoms with E-state index in [1.807, 2.05) is 30.3 Å². The summed E-state index contributed by atoms with van der Waals surface area (Å²) in [6, 6.07) is 9.41. The van der Waals surface area contributed by atoms with Crippen LogP contribution in [0.4, 0.5) is 0 Å². The Kier molecular flexibility index (Phi) is 4.45. The van der Waals surface area contributed by atoms with Crippen LogP contribution >= 0.6 is 0 Å². The first-order valence-corrected chi connectivity index (χ1v) is 9.76. The van der Waals surface area contributed by atoms with E-state index in [0.717, 1.165) is 5.56 Å². The van der Waals surface area contributed by atoms with Gasteiger partial charge in [0.05, 0.1) is 25.0 Å². The van der Waals surface area contributed by atoms with Crippen LogP contribution in [0.5, 0.6) is 0 Å². The van der Waals surface area contributed by atoms with Gasteiger partial charge >= 0.3 is 17.9 Å². The Balaban J connectivity index is 1.50. The van der Waals surface area contributed by atoms with Crippen LogP contribution < -0.4 is 5.73 Å². The van der Waals surface area contributed by atoms with Gasteiger partial charge in [0.25, 0.3) is 0 Å². The molecule has 1 spiro atoms. The smallest absolute Gasteiger partial charge is 0.326 e. The Bertz CT molecular complexity index is 810. The number of ether oxygens (including phenoxy) is 3. The molecule has 3 unspecified atom stereocenters. The molecule has 0 saturated heterocycles. The maximum absolute atomic E-state index is 12.7. The molecule has 3 aliphatic rings. The van der Waals surface area contributed by atoms with Crippen molar-refractivity contribution in [2.24, 2.45) is 34.8 Å². The second-order valence-electron chi connectivity index (χ2n) is 7.85. The molecule has 2 N–H and O–H groups in total. The molecule has 3 aliphatic carbocycles. The standard InChI is InChI=1S/C21H25NO6/c1-3-26-18(24)15-16-20(22,19(25)27-4-2)10-13-14(21(13,15)16)17(23)28-11-12-8-6-5-7-9-12/h5-9,13-16H,3-4,10-11,22H2,1-2H3/t13?,14?,15-,16?,20+,21-/m1/s1. The number of esters is 3. The minimum absolute atomic E-state index is 0.149. The fourth-order valence-corrected chi connectivity index (χ4v) is 5.54. The summed E-state index contributed by atoms with van der Waals surface area (Å²) in [6.45, 7) is 4.08. The normalized spacial score (nSPS) is 36.7. The molecule has 3 saturated carbocycles. The summed E-state index contributed by atoms with van der Waals surface area (Å²) in [5.74, 6) is -2.78. The first-order chi connectivity index (χ1) is 13.4. The third-order valence-corrected chi connectivity index (χ3v) is 6.56. The van der Waals surface area contributed by atoms with Gasteiger partial charge in [-0.15, -0.1) is 0 Å². The predicted molar refractivity (Wildman–Crippen MR) is 97.4 cm³/mol. The van der Waals surface area contributed by atoms with E-state index in [-0.39, 0.29) is 31.7 Å². The first kappa shape index (κ1) is 18.9. The van der Waals surface area contributed by atoms with Gasteiger partial charge in [-0.05, 0) is 31.7 Å². The lowest BCUT2D eigenvalue weighted by atomic mass is 9.88. The summed E-state index contributed by atoms with van der Waals surface area (Å²) in [5.41, 5.74) is 5.45. The second-order valence-corrected chi connectivity index (χ2v) is 7.85. The lowest BCUT2D eigenvalue weighted by Gasteiger charge is -2.26. The molecule has 3 fully saturated rings. The Hall–Kier alpha value is -2.41. The summed E-state index contributed by atoms with van der Waals surface area (Å²) in [4.78, 5) is 37.7. The Morgan fingerprint density at radius 3 is 2.29 bits per heavy atom. The van der Waals surface area contributed by atoms with E-state index >= 15 is 0 Å². The third kappa shape index (κ3) is 2.49. The quantitative estimate of drug-likeness (QED) is 0.557. The number of benzene rings is 1. The minimum Gasteiger partial charge on any atom is -0.466 e. The molecule has 28 heavy (non-hydrogen) atoms. The molecule has 0 aliphatic heterocycles. The maximum atomic E-state index is 12.7. The van der Waals surface area contributed by atoms with Gasteiger partial charge < -0.3 is 19.9 Å². The molecule has 150 valence electrons. The molecule has 0 heterocycles. The molecule has 1 aromatic rings. The fraction of sp³-hybridized carbons (Fsp3) is 0.571. The minimum atomic E-state index is -1.24. The van der Waals surface area contributed by atoms with Crippen LogP contribution in [-0.2, 0) is 35.2 Å². The van der Waals surface area contributed by atoms with Crippen LogP contribution in [-0.4, -0.2) is 36.7 Å². The van der Waals surface area contributed by atoms with E-state index in [2.05, 4.69) is 0 Å². The monoisotopic (exact) mass is 387 g/mol. The molecule has 0 aromatic heterocycles. The van der Waals surface area contributed by atoms with Crippen molar-refractivity contribution in [1.29, 1.82) is 0 Å². The lowest BCUT2D eigenvalue weighted by Crippen LogP contribution is -2.52. The molecule has 7 heteroatoms. The van der Waals surface area contributed by atoms with Crippen molar-refractivity contribution in [3.05, 3.63) is 35.9 Å². The summed E-state index contributed by atoms with van der Waals surface area (Å²) in [5, 5.41) is 0. The third-order valence-electron chi connectivity index (χ3n) is 6.56. The second kappa shape index (κ2) is 6.58. The zero-order chi connectivity index (χ0) is 20.1. The van der Waals surface area contributed by atoms with Crippen LogP contribution in [0.25, 0.3) is 0 Å². The van der Waals surface area contributed by atoms with Crippen molar-refractivity contribution < 1.29 is 28.6 Å². The number of hydrogen-bond acceptors (Lipinski definition) is 7. The van der Waals surface area contributed by atoms with E-state index in [1.54, 1.807) is 13.8 Å². The van der Waals surface area contributed by atoms with Crippen molar-refractivity contribution in [2.45, 2.75) is 32.4 Å². The van der Waals surface area contributed by atoms with E-state index in [4.69, 9.17) is 19.9 Å². The number of carbonyl (C=O) groups excluding carboxylic acids is 3. The van der Waals surface area contributed by atoms with Crippen LogP contribution in [0.3, 0.4) is 0 Å². The van der Waals surface area contributed by atoms with Crippen LogP contribution in [0.15, 0.2) is 30.3 Å². The molecule has 4 rings (SSSR count). The lowest BCUT2D eigenvalue weighted by molar-refractivity contribution is -0.153. The maximum Gasteiger partial charge on any atom is 0.326 e. The van der Waals surface area contributed by atoms with E-state index in [0.29, 0.717) is 6.42 Å². The first-order valence-electron chi connectivity index (χ1n) is 9.76. The molecular weight excluding hydrogens is 362 g/mol. The molecule has 1 aromatic carbocycles. The summed E-state index contributed by atoms with van der Waals surface area (Å²) in [7, 11) is 0. The Labute approximate surface area is 163 Å². The van der Waals surface area contributed by atoms with Gasteiger partial charge in [-0.2, -0.15) is 0 Å². The Morgan fingerprint density at radius 2 is 1.64 bits per heavy atom. The van der Waals surface area contributed by atoms with Gasteiger partial charge in [0.1, 0.15) is 12.1 Å². The van der Waals surface area contributed by atoms with Crippen molar-refractivity contribution in [3.8, 4) is 0 Å².